The molecule has 0 spiro atoms. The smallest absolute Gasteiger partial charge is 0.334 e. The molecule has 2 rings (SSSR count). The Kier molecular flexibility index (Phi) is 3.21. The van der Waals surface area contributed by atoms with Crippen LogP contribution in [0.2, 0.25) is 0 Å². The minimum Gasteiger partial charge on any atom is -0.479 e. The third kappa shape index (κ3) is 2.52. The number of pyridine rings is 1. The van der Waals surface area contributed by atoms with Gasteiger partial charge in [0.1, 0.15) is 11.8 Å². The first-order valence-corrected chi connectivity index (χ1v) is 5.16. The van der Waals surface area contributed by atoms with Gasteiger partial charge in [0.2, 0.25) is 0 Å². The quantitative estimate of drug-likeness (QED) is 0.787. The van der Waals surface area contributed by atoms with Gasteiger partial charge in [-0.15, -0.1) is 0 Å². The standard InChI is InChI=1S/C11H11N3O3/c12-6-8-5-9(1-2-13-8)14-3-4-17-10(7-14)11(15)16/h1-2,5,10H,3-4,7H2,(H,15,16). The predicted molar refractivity (Wildman–Crippen MR) is 58.5 cm³/mol. The molecule has 1 aromatic rings. The van der Waals surface area contributed by atoms with E-state index in [-0.39, 0.29) is 6.54 Å². The van der Waals surface area contributed by atoms with Crippen LogP contribution in [0.5, 0.6) is 0 Å². The highest BCUT2D eigenvalue weighted by Gasteiger charge is 2.26. The molecule has 1 fully saturated rings. The Morgan fingerprint density at radius 2 is 2.53 bits per heavy atom. The lowest BCUT2D eigenvalue weighted by atomic mass is 10.2. The zero-order chi connectivity index (χ0) is 12.3. The molecule has 0 saturated carbocycles. The van der Waals surface area contributed by atoms with Crippen molar-refractivity contribution in [3.05, 3.63) is 24.0 Å². The summed E-state index contributed by atoms with van der Waals surface area (Å²) in [6, 6.07) is 5.35. The maximum Gasteiger partial charge on any atom is 0.334 e. The molecule has 1 N–H and O–H groups in total. The zero-order valence-corrected chi connectivity index (χ0v) is 9.04. The van der Waals surface area contributed by atoms with Crippen LogP contribution in [0.25, 0.3) is 0 Å². The summed E-state index contributed by atoms with van der Waals surface area (Å²) in [5.41, 5.74) is 1.12. The van der Waals surface area contributed by atoms with Crippen LogP contribution in [0.15, 0.2) is 18.3 Å². The summed E-state index contributed by atoms with van der Waals surface area (Å²) in [4.78, 5) is 16.6. The van der Waals surface area contributed by atoms with Crippen molar-refractivity contribution in [2.75, 3.05) is 24.6 Å². The van der Waals surface area contributed by atoms with Crippen LogP contribution in [0, 0.1) is 11.3 Å². The van der Waals surface area contributed by atoms with E-state index in [0.29, 0.717) is 18.8 Å². The Morgan fingerprint density at radius 1 is 1.71 bits per heavy atom. The third-order valence-electron chi connectivity index (χ3n) is 2.57. The number of carbonyl (C=O) groups is 1. The lowest BCUT2D eigenvalue weighted by Crippen LogP contribution is -2.46. The van der Waals surface area contributed by atoms with Gasteiger partial charge in [-0.05, 0) is 12.1 Å². The molecule has 1 aromatic heterocycles. The molecule has 2 heterocycles. The third-order valence-corrected chi connectivity index (χ3v) is 2.57. The first-order valence-electron chi connectivity index (χ1n) is 5.16. The maximum absolute atomic E-state index is 10.8. The highest BCUT2D eigenvalue weighted by Crippen LogP contribution is 2.17. The number of aliphatic carboxylic acids is 1. The van der Waals surface area contributed by atoms with Crippen molar-refractivity contribution in [1.29, 1.82) is 5.26 Å². The van der Waals surface area contributed by atoms with Crippen molar-refractivity contribution < 1.29 is 14.6 Å². The largest absolute Gasteiger partial charge is 0.479 e. The van der Waals surface area contributed by atoms with Gasteiger partial charge in [0.25, 0.3) is 0 Å². The second-order valence-corrected chi connectivity index (χ2v) is 3.65. The SMILES string of the molecule is N#Cc1cc(N2CCOC(C(=O)O)C2)ccn1. The van der Waals surface area contributed by atoms with E-state index in [1.54, 1.807) is 18.3 Å². The molecule has 1 atom stereocenters. The van der Waals surface area contributed by atoms with Gasteiger partial charge in [0.15, 0.2) is 6.10 Å². The highest BCUT2D eigenvalue weighted by molar-refractivity contribution is 5.73. The van der Waals surface area contributed by atoms with Crippen LogP contribution in [-0.2, 0) is 9.53 Å². The number of carboxylic acid groups (broad SMARTS) is 1. The molecule has 6 heteroatoms. The lowest BCUT2D eigenvalue weighted by molar-refractivity contribution is -0.150. The lowest BCUT2D eigenvalue weighted by Gasteiger charge is -2.32. The molecule has 6 nitrogen and oxygen atoms in total. The number of nitrogens with zero attached hydrogens (tertiary/aromatic N) is 3. The Labute approximate surface area is 98.1 Å². The average molecular weight is 233 g/mol. The van der Waals surface area contributed by atoms with Crippen molar-refractivity contribution in [2.45, 2.75) is 6.10 Å². The number of nitriles is 1. The summed E-state index contributed by atoms with van der Waals surface area (Å²) >= 11 is 0. The number of hydrogen-bond donors (Lipinski definition) is 1. The summed E-state index contributed by atoms with van der Waals surface area (Å²) in [7, 11) is 0. The summed E-state index contributed by atoms with van der Waals surface area (Å²) in [6.45, 7) is 1.25. The monoisotopic (exact) mass is 233 g/mol. The fourth-order valence-corrected chi connectivity index (χ4v) is 1.71. The molecule has 1 aliphatic rings. The Hall–Kier alpha value is -2.13. The van der Waals surface area contributed by atoms with Gasteiger partial charge >= 0.3 is 5.97 Å². The minimum absolute atomic E-state index is 0.282. The molecule has 0 radical (unpaired) electrons. The number of rotatable bonds is 2. The number of aromatic nitrogens is 1. The van der Waals surface area contributed by atoms with E-state index in [9.17, 15) is 4.79 Å². The molecule has 0 aliphatic carbocycles. The van der Waals surface area contributed by atoms with Gasteiger partial charge in [-0.1, -0.05) is 0 Å². The van der Waals surface area contributed by atoms with Crippen LogP contribution in [-0.4, -0.2) is 41.9 Å². The number of hydrogen-bond acceptors (Lipinski definition) is 5. The summed E-state index contributed by atoms with van der Waals surface area (Å²) < 4.78 is 5.13. The molecular formula is C11H11N3O3. The van der Waals surface area contributed by atoms with Crippen LogP contribution in [0.3, 0.4) is 0 Å². The molecule has 1 unspecified atom stereocenters. The van der Waals surface area contributed by atoms with Gasteiger partial charge in [0, 0.05) is 18.4 Å². The second-order valence-electron chi connectivity index (χ2n) is 3.65. The zero-order valence-electron chi connectivity index (χ0n) is 9.04. The van der Waals surface area contributed by atoms with Crippen LogP contribution < -0.4 is 4.90 Å². The maximum atomic E-state index is 10.8. The fourth-order valence-electron chi connectivity index (χ4n) is 1.71. The van der Waals surface area contributed by atoms with E-state index in [1.807, 2.05) is 11.0 Å². The molecule has 0 aromatic carbocycles. The van der Waals surface area contributed by atoms with Gasteiger partial charge in [-0.2, -0.15) is 5.26 Å². The molecule has 1 saturated heterocycles. The molecule has 1 aliphatic heterocycles. The van der Waals surface area contributed by atoms with Crippen LogP contribution >= 0.6 is 0 Å². The Bertz CT molecular complexity index is 469. The number of carboxylic acids is 1. The highest BCUT2D eigenvalue weighted by atomic mass is 16.5. The van der Waals surface area contributed by atoms with Gasteiger partial charge in [-0.25, -0.2) is 9.78 Å². The van der Waals surface area contributed by atoms with Crippen molar-refractivity contribution in [3.8, 4) is 6.07 Å². The number of anilines is 1. The van der Waals surface area contributed by atoms with Crippen molar-refractivity contribution >= 4 is 11.7 Å². The fraction of sp³-hybridized carbons (Fsp3) is 0.364. The molecule has 17 heavy (non-hydrogen) atoms. The first kappa shape index (κ1) is 11.4. The van der Waals surface area contributed by atoms with Gasteiger partial charge in [0.05, 0.1) is 13.2 Å². The first-order chi connectivity index (χ1) is 8.20. The molecular weight excluding hydrogens is 222 g/mol. The topological polar surface area (TPSA) is 86.5 Å². The average Bonchev–Trinajstić information content (AvgIpc) is 2.39. The molecule has 88 valence electrons. The normalized spacial score (nSPS) is 19.7. The number of morpholine rings is 1. The molecule has 0 bridgehead atoms. The van der Waals surface area contributed by atoms with E-state index in [4.69, 9.17) is 15.1 Å². The summed E-state index contributed by atoms with van der Waals surface area (Å²) in [6.07, 6.45) is 0.724. The van der Waals surface area contributed by atoms with Gasteiger partial charge in [-0.3, -0.25) is 0 Å². The van der Waals surface area contributed by atoms with E-state index in [2.05, 4.69) is 4.98 Å². The number of ether oxygens (including phenoxy) is 1. The Balaban J connectivity index is 2.16. The van der Waals surface area contributed by atoms with E-state index < -0.39 is 12.1 Å². The van der Waals surface area contributed by atoms with Crippen molar-refractivity contribution in [1.82, 2.24) is 4.98 Å². The van der Waals surface area contributed by atoms with E-state index >= 15 is 0 Å². The molecule has 0 amide bonds. The van der Waals surface area contributed by atoms with Crippen molar-refractivity contribution in [3.63, 3.8) is 0 Å². The van der Waals surface area contributed by atoms with E-state index in [0.717, 1.165) is 5.69 Å². The van der Waals surface area contributed by atoms with Gasteiger partial charge < -0.3 is 14.7 Å². The predicted octanol–water partition coefficient (Wildman–Crippen LogP) is 0.243. The van der Waals surface area contributed by atoms with Crippen molar-refractivity contribution in [2.24, 2.45) is 0 Å². The second kappa shape index (κ2) is 4.80. The van der Waals surface area contributed by atoms with E-state index in [1.165, 1.54) is 0 Å². The minimum atomic E-state index is -0.968. The summed E-state index contributed by atoms with van der Waals surface area (Å²) in [5.74, 6) is -0.968. The van der Waals surface area contributed by atoms with Crippen LogP contribution in [0.1, 0.15) is 5.69 Å². The summed E-state index contributed by atoms with van der Waals surface area (Å²) in [5, 5.41) is 17.6. The van der Waals surface area contributed by atoms with Crippen LogP contribution in [0.4, 0.5) is 5.69 Å². The Morgan fingerprint density at radius 3 is 3.24 bits per heavy atom.